The predicted molar refractivity (Wildman–Crippen MR) is 84.7 cm³/mol. The largest absolute Gasteiger partial charge is 0.493 e. The molecule has 0 atom stereocenters. The lowest BCUT2D eigenvalue weighted by molar-refractivity contribution is -0.143. The highest BCUT2D eigenvalue weighted by molar-refractivity contribution is 5.81. The first-order valence-electron chi connectivity index (χ1n) is 7.41. The monoisotopic (exact) mass is 319 g/mol. The summed E-state index contributed by atoms with van der Waals surface area (Å²) in [5.74, 6) is -0.205. The number of hydrogen-bond donors (Lipinski definition) is 2. The van der Waals surface area contributed by atoms with Gasteiger partial charge in [0.05, 0.1) is 12.5 Å². The van der Waals surface area contributed by atoms with Gasteiger partial charge in [0.25, 0.3) is 5.91 Å². The average molecular weight is 319 g/mol. The minimum atomic E-state index is -0.863. The Morgan fingerprint density at radius 1 is 1.39 bits per heavy atom. The number of hydrogen-bond acceptors (Lipinski definition) is 4. The molecule has 2 N–H and O–H groups in total. The Bertz CT molecular complexity index is 607. The number of nitrogens with one attached hydrogen (secondary N) is 1. The SMILES string of the molecule is C=CCc1ccc(OCC(=O)NCC2(C(=O)O)CC2)c(OC)c1. The molecule has 1 saturated carbocycles. The van der Waals surface area contributed by atoms with Crippen LogP contribution in [0.3, 0.4) is 0 Å². The molecule has 6 nitrogen and oxygen atoms in total. The molecule has 1 amide bonds. The molecule has 0 spiro atoms. The summed E-state index contributed by atoms with van der Waals surface area (Å²) < 4.78 is 10.7. The van der Waals surface area contributed by atoms with E-state index in [1.807, 2.05) is 12.1 Å². The molecule has 0 aliphatic heterocycles. The van der Waals surface area contributed by atoms with Gasteiger partial charge in [0, 0.05) is 6.54 Å². The van der Waals surface area contributed by atoms with Gasteiger partial charge in [-0.25, -0.2) is 0 Å². The third-order valence-electron chi connectivity index (χ3n) is 3.90. The molecule has 2 rings (SSSR count). The number of amides is 1. The van der Waals surface area contributed by atoms with Gasteiger partial charge in [-0.05, 0) is 37.0 Å². The second-order valence-corrected chi connectivity index (χ2v) is 5.63. The van der Waals surface area contributed by atoms with Gasteiger partial charge < -0.3 is 19.9 Å². The third-order valence-corrected chi connectivity index (χ3v) is 3.90. The van der Waals surface area contributed by atoms with E-state index >= 15 is 0 Å². The minimum absolute atomic E-state index is 0.139. The van der Waals surface area contributed by atoms with Crippen LogP contribution in [-0.2, 0) is 16.0 Å². The molecule has 0 bridgehead atoms. The molecule has 1 aromatic rings. The Balaban J connectivity index is 1.86. The molecule has 23 heavy (non-hydrogen) atoms. The normalized spacial score (nSPS) is 14.7. The smallest absolute Gasteiger partial charge is 0.311 e. The van der Waals surface area contributed by atoms with Crippen molar-refractivity contribution < 1.29 is 24.2 Å². The molecule has 0 aromatic heterocycles. The second-order valence-electron chi connectivity index (χ2n) is 5.63. The van der Waals surface area contributed by atoms with Crippen molar-refractivity contribution in [2.45, 2.75) is 19.3 Å². The van der Waals surface area contributed by atoms with Gasteiger partial charge in [0.1, 0.15) is 0 Å². The van der Waals surface area contributed by atoms with Crippen LogP contribution >= 0.6 is 0 Å². The number of ether oxygens (including phenoxy) is 2. The van der Waals surface area contributed by atoms with Gasteiger partial charge in [-0.15, -0.1) is 6.58 Å². The number of carboxylic acids is 1. The standard InChI is InChI=1S/C17H21NO5/c1-3-4-12-5-6-13(14(9-12)22-2)23-10-15(19)18-11-17(7-8-17)16(20)21/h3,5-6,9H,1,4,7-8,10-11H2,2H3,(H,18,19)(H,20,21). The van der Waals surface area contributed by atoms with E-state index in [2.05, 4.69) is 11.9 Å². The molecule has 0 radical (unpaired) electrons. The molecule has 1 aromatic carbocycles. The molecule has 1 fully saturated rings. The van der Waals surface area contributed by atoms with Gasteiger partial charge in [0.15, 0.2) is 18.1 Å². The van der Waals surface area contributed by atoms with E-state index in [-0.39, 0.29) is 19.1 Å². The molecule has 1 aliphatic rings. The van der Waals surface area contributed by atoms with E-state index in [0.29, 0.717) is 30.8 Å². The number of carboxylic acid groups (broad SMARTS) is 1. The fourth-order valence-corrected chi connectivity index (χ4v) is 2.20. The lowest BCUT2D eigenvalue weighted by atomic mass is 10.1. The van der Waals surface area contributed by atoms with E-state index in [9.17, 15) is 9.59 Å². The van der Waals surface area contributed by atoms with Crippen LogP contribution < -0.4 is 14.8 Å². The van der Waals surface area contributed by atoms with Crippen molar-refractivity contribution in [3.63, 3.8) is 0 Å². The van der Waals surface area contributed by atoms with Crippen molar-refractivity contribution in [2.24, 2.45) is 5.41 Å². The van der Waals surface area contributed by atoms with Crippen LogP contribution in [0.25, 0.3) is 0 Å². The number of carbonyl (C=O) groups excluding carboxylic acids is 1. The summed E-state index contributed by atoms with van der Waals surface area (Å²) in [5, 5.41) is 11.7. The second kappa shape index (κ2) is 7.17. The van der Waals surface area contributed by atoms with Gasteiger partial charge in [-0.1, -0.05) is 12.1 Å². The van der Waals surface area contributed by atoms with E-state index in [0.717, 1.165) is 5.56 Å². The van der Waals surface area contributed by atoms with Crippen molar-refractivity contribution in [3.8, 4) is 11.5 Å². The number of carbonyl (C=O) groups is 2. The molecule has 0 saturated heterocycles. The first-order valence-corrected chi connectivity index (χ1v) is 7.41. The topological polar surface area (TPSA) is 84.9 Å². The zero-order valence-corrected chi connectivity index (χ0v) is 13.1. The molecular formula is C17H21NO5. The highest BCUT2D eigenvalue weighted by Crippen LogP contribution is 2.45. The van der Waals surface area contributed by atoms with Crippen LogP contribution in [0, 0.1) is 5.41 Å². The fourth-order valence-electron chi connectivity index (χ4n) is 2.20. The number of rotatable bonds is 9. The first kappa shape index (κ1) is 16.9. The van der Waals surface area contributed by atoms with Crippen LogP contribution in [0.15, 0.2) is 30.9 Å². The van der Waals surface area contributed by atoms with Gasteiger partial charge in [-0.3, -0.25) is 9.59 Å². The summed E-state index contributed by atoms with van der Waals surface area (Å²) >= 11 is 0. The number of allylic oxidation sites excluding steroid dienone is 1. The third kappa shape index (κ3) is 4.25. The van der Waals surface area contributed by atoms with Gasteiger partial charge in [0.2, 0.25) is 0 Å². The van der Waals surface area contributed by atoms with Crippen LogP contribution in [0.5, 0.6) is 11.5 Å². The zero-order valence-electron chi connectivity index (χ0n) is 13.1. The van der Waals surface area contributed by atoms with Crippen molar-refractivity contribution in [1.29, 1.82) is 0 Å². The number of methoxy groups -OCH3 is 1. The Morgan fingerprint density at radius 3 is 2.70 bits per heavy atom. The molecule has 0 unspecified atom stereocenters. The maximum absolute atomic E-state index is 11.8. The predicted octanol–water partition coefficient (Wildman–Crippen LogP) is 1.78. The van der Waals surface area contributed by atoms with E-state index in [1.165, 1.54) is 7.11 Å². The summed E-state index contributed by atoms with van der Waals surface area (Å²) in [7, 11) is 1.53. The summed E-state index contributed by atoms with van der Waals surface area (Å²) in [4.78, 5) is 22.8. The number of aliphatic carboxylic acids is 1. The highest BCUT2D eigenvalue weighted by atomic mass is 16.5. The van der Waals surface area contributed by atoms with Crippen LogP contribution in [0.1, 0.15) is 18.4 Å². The summed E-state index contributed by atoms with van der Waals surface area (Å²) in [6.45, 7) is 3.64. The van der Waals surface area contributed by atoms with Crippen molar-refractivity contribution in [2.75, 3.05) is 20.3 Å². The van der Waals surface area contributed by atoms with Crippen molar-refractivity contribution in [3.05, 3.63) is 36.4 Å². The maximum Gasteiger partial charge on any atom is 0.311 e. The lowest BCUT2D eigenvalue weighted by Gasteiger charge is -2.13. The molecule has 124 valence electrons. The molecule has 1 aliphatic carbocycles. The van der Waals surface area contributed by atoms with Crippen LogP contribution in [0.2, 0.25) is 0 Å². The van der Waals surface area contributed by atoms with E-state index < -0.39 is 11.4 Å². The maximum atomic E-state index is 11.8. The van der Waals surface area contributed by atoms with E-state index in [1.54, 1.807) is 12.1 Å². The number of benzene rings is 1. The van der Waals surface area contributed by atoms with Gasteiger partial charge >= 0.3 is 5.97 Å². The average Bonchev–Trinajstić information content (AvgIpc) is 3.33. The summed E-state index contributed by atoms with van der Waals surface area (Å²) in [5.41, 5.74) is 0.255. The van der Waals surface area contributed by atoms with Gasteiger partial charge in [-0.2, -0.15) is 0 Å². The van der Waals surface area contributed by atoms with E-state index in [4.69, 9.17) is 14.6 Å². The summed E-state index contributed by atoms with van der Waals surface area (Å²) in [6.07, 6.45) is 3.71. The Kier molecular flexibility index (Phi) is 5.26. The highest BCUT2D eigenvalue weighted by Gasteiger charge is 2.50. The zero-order chi connectivity index (χ0) is 16.9. The molecule has 6 heteroatoms. The first-order chi connectivity index (χ1) is 11.0. The Labute approximate surface area is 135 Å². The fraction of sp³-hybridized carbons (Fsp3) is 0.412. The Hall–Kier alpha value is -2.50. The molecular weight excluding hydrogens is 298 g/mol. The molecule has 0 heterocycles. The van der Waals surface area contributed by atoms with Crippen LogP contribution in [-0.4, -0.2) is 37.2 Å². The lowest BCUT2D eigenvalue weighted by Crippen LogP contribution is -2.36. The quantitative estimate of drug-likeness (QED) is 0.678. The van der Waals surface area contributed by atoms with Crippen molar-refractivity contribution in [1.82, 2.24) is 5.32 Å². The van der Waals surface area contributed by atoms with Crippen LogP contribution in [0.4, 0.5) is 0 Å². The minimum Gasteiger partial charge on any atom is -0.493 e. The van der Waals surface area contributed by atoms with Crippen molar-refractivity contribution >= 4 is 11.9 Å². The Morgan fingerprint density at radius 2 is 2.13 bits per heavy atom. The summed E-state index contributed by atoms with van der Waals surface area (Å²) in [6, 6.07) is 5.45.